The van der Waals surface area contributed by atoms with Crippen LogP contribution in [0.1, 0.15) is 68.9 Å². The molecule has 0 unspecified atom stereocenters. The molecule has 2 aromatic carbocycles. The number of benzene rings is 2. The zero-order chi connectivity index (χ0) is 17.8. The second-order valence-electron chi connectivity index (χ2n) is 7.59. The fraction of sp³-hybridized carbons (Fsp3) is 0.478. The summed E-state index contributed by atoms with van der Waals surface area (Å²) < 4.78 is 29.3. The fourth-order valence-corrected chi connectivity index (χ4v) is 4.10. The number of unbranched alkanes of at least 4 members (excludes halogenated alkanes) is 1. The van der Waals surface area contributed by atoms with Crippen molar-refractivity contribution in [3.05, 3.63) is 59.2 Å². The molecule has 1 saturated carbocycles. The van der Waals surface area contributed by atoms with Gasteiger partial charge in [-0.05, 0) is 67.7 Å². The average molecular weight is 342 g/mol. The molecule has 0 aromatic heterocycles. The van der Waals surface area contributed by atoms with Crippen molar-refractivity contribution in [3.8, 4) is 11.1 Å². The Labute approximate surface area is 150 Å². The van der Waals surface area contributed by atoms with Crippen LogP contribution in [0.2, 0.25) is 0 Å². The summed E-state index contributed by atoms with van der Waals surface area (Å²) in [6.45, 7) is 4.20. The van der Waals surface area contributed by atoms with Gasteiger partial charge in [-0.15, -0.1) is 0 Å². The van der Waals surface area contributed by atoms with Gasteiger partial charge in [-0.1, -0.05) is 56.0 Å². The van der Waals surface area contributed by atoms with Crippen LogP contribution in [-0.2, 0) is 0 Å². The van der Waals surface area contributed by atoms with E-state index in [9.17, 15) is 8.78 Å². The molecular formula is C23H28F2. The molecule has 0 N–H and O–H groups in total. The monoisotopic (exact) mass is 342 g/mol. The van der Waals surface area contributed by atoms with Gasteiger partial charge in [0, 0.05) is 0 Å². The third-order valence-electron chi connectivity index (χ3n) is 5.69. The highest BCUT2D eigenvalue weighted by Crippen LogP contribution is 2.39. The van der Waals surface area contributed by atoms with E-state index in [-0.39, 0.29) is 5.56 Å². The van der Waals surface area contributed by atoms with Crippen LogP contribution in [0.15, 0.2) is 36.4 Å². The molecule has 2 heteroatoms. The number of halogens is 2. The number of aryl methyl sites for hydroxylation is 1. The first-order valence-electron chi connectivity index (χ1n) is 9.64. The lowest BCUT2D eigenvalue weighted by molar-refractivity contribution is 0.303. The van der Waals surface area contributed by atoms with Gasteiger partial charge in [-0.25, -0.2) is 8.78 Å². The third kappa shape index (κ3) is 4.29. The van der Waals surface area contributed by atoms with Gasteiger partial charge < -0.3 is 0 Å². The van der Waals surface area contributed by atoms with Crippen LogP contribution in [0.25, 0.3) is 11.1 Å². The van der Waals surface area contributed by atoms with E-state index < -0.39 is 11.6 Å². The van der Waals surface area contributed by atoms with E-state index in [0.29, 0.717) is 11.5 Å². The van der Waals surface area contributed by atoms with Crippen LogP contribution >= 0.6 is 0 Å². The minimum atomic E-state index is -0.438. The topological polar surface area (TPSA) is 0 Å². The van der Waals surface area contributed by atoms with Crippen molar-refractivity contribution in [2.24, 2.45) is 5.92 Å². The van der Waals surface area contributed by atoms with Gasteiger partial charge in [0.1, 0.15) is 11.6 Å². The van der Waals surface area contributed by atoms with Crippen molar-refractivity contribution in [1.29, 1.82) is 0 Å². The molecule has 1 aliphatic rings. The molecule has 0 heterocycles. The Balaban J connectivity index is 1.75. The highest BCUT2D eigenvalue weighted by molar-refractivity contribution is 5.65. The average Bonchev–Trinajstić information content (AvgIpc) is 2.61. The molecule has 0 amide bonds. The third-order valence-corrected chi connectivity index (χ3v) is 5.69. The van der Waals surface area contributed by atoms with Crippen molar-refractivity contribution in [2.45, 2.75) is 64.7 Å². The lowest BCUT2D eigenvalue weighted by atomic mass is 9.77. The maximum absolute atomic E-state index is 14.7. The van der Waals surface area contributed by atoms with Crippen LogP contribution in [0.3, 0.4) is 0 Å². The second kappa shape index (κ2) is 8.12. The summed E-state index contributed by atoms with van der Waals surface area (Å²) in [6, 6.07) is 10.5. The Bertz CT molecular complexity index is 672. The Morgan fingerprint density at radius 2 is 1.52 bits per heavy atom. The van der Waals surface area contributed by atoms with Gasteiger partial charge in [0.2, 0.25) is 0 Å². The second-order valence-corrected chi connectivity index (χ2v) is 7.59. The minimum absolute atomic E-state index is 0.0976. The van der Waals surface area contributed by atoms with Crippen LogP contribution in [0.5, 0.6) is 0 Å². The van der Waals surface area contributed by atoms with Gasteiger partial charge >= 0.3 is 0 Å². The summed E-state index contributed by atoms with van der Waals surface area (Å²) in [6.07, 6.45) is 8.33. The number of rotatable bonds is 5. The van der Waals surface area contributed by atoms with Crippen molar-refractivity contribution in [3.63, 3.8) is 0 Å². The molecule has 3 rings (SSSR count). The summed E-state index contributed by atoms with van der Waals surface area (Å²) in [7, 11) is 0. The summed E-state index contributed by atoms with van der Waals surface area (Å²) >= 11 is 0. The van der Waals surface area contributed by atoms with E-state index in [2.05, 4.69) is 6.92 Å². The molecular weight excluding hydrogens is 314 g/mol. The van der Waals surface area contributed by atoms with Gasteiger partial charge in [0.05, 0.1) is 5.56 Å². The number of hydrogen-bond acceptors (Lipinski definition) is 0. The van der Waals surface area contributed by atoms with E-state index in [0.717, 1.165) is 29.9 Å². The zero-order valence-corrected chi connectivity index (χ0v) is 15.3. The largest absolute Gasteiger partial charge is 0.206 e. The summed E-state index contributed by atoms with van der Waals surface area (Å²) in [5.74, 6) is 0.227. The van der Waals surface area contributed by atoms with Crippen molar-refractivity contribution in [1.82, 2.24) is 0 Å². The van der Waals surface area contributed by atoms with Crippen LogP contribution < -0.4 is 0 Å². The summed E-state index contributed by atoms with van der Waals surface area (Å²) in [5, 5.41) is 0. The quantitative estimate of drug-likeness (QED) is 0.531. The molecule has 1 aliphatic carbocycles. The Hall–Kier alpha value is -1.70. The smallest absolute Gasteiger partial charge is 0.134 e. The minimum Gasteiger partial charge on any atom is -0.206 e. The molecule has 1 fully saturated rings. The highest BCUT2D eigenvalue weighted by Gasteiger charge is 2.24. The van der Waals surface area contributed by atoms with Crippen LogP contribution in [0.4, 0.5) is 8.78 Å². The SMILES string of the molecule is CCCCC1CCC(c2cc(F)c(-c3ccc(C)cc3)c(F)c2)CC1. The molecule has 2 aromatic rings. The van der Waals surface area contributed by atoms with Crippen LogP contribution in [0, 0.1) is 24.5 Å². The van der Waals surface area contributed by atoms with E-state index in [4.69, 9.17) is 0 Å². The first-order valence-corrected chi connectivity index (χ1v) is 9.64. The molecule has 0 nitrogen and oxygen atoms in total. The highest BCUT2D eigenvalue weighted by atomic mass is 19.1. The van der Waals surface area contributed by atoms with Crippen LogP contribution in [-0.4, -0.2) is 0 Å². The molecule has 0 saturated heterocycles. The van der Waals surface area contributed by atoms with Gasteiger partial charge in [0.15, 0.2) is 0 Å². The first-order chi connectivity index (χ1) is 12.1. The molecule has 0 bridgehead atoms. The molecule has 0 radical (unpaired) electrons. The zero-order valence-electron chi connectivity index (χ0n) is 15.3. The fourth-order valence-electron chi connectivity index (χ4n) is 4.10. The molecule has 25 heavy (non-hydrogen) atoms. The normalized spacial score (nSPS) is 20.6. The number of hydrogen-bond donors (Lipinski definition) is 0. The molecule has 0 spiro atoms. The molecule has 134 valence electrons. The van der Waals surface area contributed by atoms with E-state index in [1.165, 1.54) is 32.1 Å². The maximum Gasteiger partial charge on any atom is 0.134 e. The lowest BCUT2D eigenvalue weighted by Gasteiger charge is -2.29. The van der Waals surface area contributed by atoms with Crippen molar-refractivity contribution >= 4 is 0 Å². The predicted octanol–water partition coefficient (Wildman–Crippen LogP) is 7.40. The summed E-state index contributed by atoms with van der Waals surface area (Å²) in [5.41, 5.74) is 2.62. The van der Waals surface area contributed by atoms with Gasteiger partial charge in [-0.3, -0.25) is 0 Å². The van der Waals surface area contributed by atoms with Gasteiger partial charge in [0.25, 0.3) is 0 Å². The first kappa shape index (κ1) is 18.1. The van der Waals surface area contributed by atoms with Gasteiger partial charge in [-0.2, -0.15) is 0 Å². The Morgan fingerprint density at radius 3 is 2.08 bits per heavy atom. The van der Waals surface area contributed by atoms with Crippen molar-refractivity contribution in [2.75, 3.05) is 0 Å². The lowest BCUT2D eigenvalue weighted by Crippen LogP contribution is -2.14. The van der Waals surface area contributed by atoms with Crippen molar-refractivity contribution < 1.29 is 8.78 Å². The maximum atomic E-state index is 14.7. The van der Waals surface area contributed by atoms with E-state index in [1.807, 2.05) is 19.1 Å². The Kier molecular flexibility index (Phi) is 5.88. The standard InChI is InChI=1S/C23H28F2/c1-3-4-5-17-8-12-18(13-9-17)20-14-21(24)23(22(25)15-20)19-10-6-16(2)7-11-19/h6-7,10-11,14-15,17-18H,3-5,8-9,12-13H2,1-2H3. The van der Waals surface area contributed by atoms with E-state index in [1.54, 1.807) is 24.3 Å². The van der Waals surface area contributed by atoms with E-state index >= 15 is 0 Å². The molecule has 0 atom stereocenters. The summed E-state index contributed by atoms with van der Waals surface area (Å²) in [4.78, 5) is 0. The molecule has 0 aliphatic heterocycles. The predicted molar refractivity (Wildman–Crippen MR) is 101 cm³/mol. The Morgan fingerprint density at radius 1 is 0.920 bits per heavy atom.